The zero-order chi connectivity index (χ0) is 13.8. The fourth-order valence-electron chi connectivity index (χ4n) is 4.71. The third-order valence-corrected chi connectivity index (χ3v) is 5.83. The number of likely N-dealkylation sites (tertiary alicyclic amines) is 1. The van der Waals surface area contributed by atoms with Crippen molar-refractivity contribution in [1.82, 2.24) is 4.90 Å². The molecule has 0 radical (unpaired) electrons. The number of ether oxygens (including phenoxy) is 1. The first kappa shape index (κ1) is 14.8. The molecule has 0 aromatic carbocycles. The molecule has 116 valence electrons. The average molecular weight is 281 g/mol. The minimum atomic E-state index is 0.188. The van der Waals surface area contributed by atoms with Crippen LogP contribution in [0.3, 0.4) is 0 Å². The maximum absolute atomic E-state index is 9.75. The summed E-state index contributed by atoms with van der Waals surface area (Å²) in [4.78, 5) is 2.64. The van der Waals surface area contributed by atoms with Crippen LogP contribution >= 0.6 is 0 Å². The SMILES string of the molecule is OCC1CCCCCN1C1CCOC2(CCCCC2)C1. The lowest BCUT2D eigenvalue weighted by atomic mass is 9.77. The number of aliphatic hydroxyl groups is 1. The van der Waals surface area contributed by atoms with Crippen LogP contribution in [0.1, 0.15) is 70.6 Å². The van der Waals surface area contributed by atoms with E-state index in [4.69, 9.17) is 4.74 Å². The summed E-state index contributed by atoms with van der Waals surface area (Å²) in [6.07, 6.45) is 14.1. The van der Waals surface area contributed by atoms with Crippen LogP contribution in [0.4, 0.5) is 0 Å². The first-order valence-corrected chi connectivity index (χ1v) is 8.84. The van der Waals surface area contributed by atoms with Crippen molar-refractivity contribution >= 4 is 0 Å². The first-order chi connectivity index (χ1) is 9.83. The minimum Gasteiger partial charge on any atom is -0.395 e. The lowest BCUT2D eigenvalue weighted by Crippen LogP contribution is -2.53. The molecule has 3 aliphatic rings. The molecule has 0 bridgehead atoms. The Labute approximate surface area is 123 Å². The molecular weight excluding hydrogens is 250 g/mol. The van der Waals surface area contributed by atoms with Gasteiger partial charge in [-0.15, -0.1) is 0 Å². The van der Waals surface area contributed by atoms with Crippen LogP contribution in [0.15, 0.2) is 0 Å². The normalized spacial score (nSPS) is 35.9. The zero-order valence-electron chi connectivity index (χ0n) is 12.9. The molecule has 1 aliphatic carbocycles. The van der Waals surface area contributed by atoms with E-state index in [0.717, 1.165) is 13.0 Å². The average Bonchev–Trinajstić information content (AvgIpc) is 2.73. The van der Waals surface area contributed by atoms with Gasteiger partial charge in [0.25, 0.3) is 0 Å². The third kappa shape index (κ3) is 3.20. The molecule has 3 fully saturated rings. The second-order valence-electron chi connectivity index (χ2n) is 7.16. The van der Waals surface area contributed by atoms with Crippen LogP contribution in [0, 0.1) is 0 Å². The van der Waals surface area contributed by atoms with E-state index in [1.807, 2.05) is 0 Å². The zero-order valence-corrected chi connectivity index (χ0v) is 12.9. The van der Waals surface area contributed by atoms with Gasteiger partial charge in [0.05, 0.1) is 12.2 Å². The Kier molecular flexibility index (Phi) is 5.00. The van der Waals surface area contributed by atoms with Crippen molar-refractivity contribution in [2.45, 2.75) is 88.3 Å². The van der Waals surface area contributed by atoms with Gasteiger partial charge < -0.3 is 9.84 Å². The van der Waals surface area contributed by atoms with Gasteiger partial charge in [0, 0.05) is 18.7 Å². The van der Waals surface area contributed by atoms with Crippen LogP contribution in [-0.2, 0) is 4.74 Å². The number of nitrogens with zero attached hydrogens (tertiary/aromatic N) is 1. The van der Waals surface area contributed by atoms with Gasteiger partial charge in [-0.3, -0.25) is 4.90 Å². The molecule has 3 nitrogen and oxygen atoms in total. The molecule has 2 atom stereocenters. The van der Waals surface area contributed by atoms with Crippen LogP contribution in [0.25, 0.3) is 0 Å². The van der Waals surface area contributed by atoms with E-state index in [1.54, 1.807) is 0 Å². The van der Waals surface area contributed by atoms with Crippen LogP contribution in [-0.4, -0.2) is 47.4 Å². The summed E-state index contributed by atoms with van der Waals surface area (Å²) in [6.45, 7) is 2.45. The number of aliphatic hydroxyl groups excluding tert-OH is 1. The summed E-state index contributed by atoms with van der Waals surface area (Å²) < 4.78 is 6.24. The minimum absolute atomic E-state index is 0.188. The highest BCUT2D eigenvalue weighted by atomic mass is 16.5. The Balaban J connectivity index is 1.68. The molecule has 3 rings (SSSR count). The van der Waals surface area contributed by atoms with E-state index in [0.29, 0.717) is 18.7 Å². The van der Waals surface area contributed by atoms with Crippen molar-refractivity contribution in [3.05, 3.63) is 0 Å². The predicted molar refractivity (Wildman–Crippen MR) is 80.8 cm³/mol. The lowest BCUT2D eigenvalue weighted by molar-refractivity contribution is -0.129. The van der Waals surface area contributed by atoms with E-state index < -0.39 is 0 Å². The highest BCUT2D eigenvalue weighted by Crippen LogP contribution is 2.40. The molecule has 2 saturated heterocycles. The van der Waals surface area contributed by atoms with E-state index in [1.165, 1.54) is 70.8 Å². The Morgan fingerprint density at radius 2 is 1.80 bits per heavy atom. The summed E-state index contributed by atoms with van der Waals surface area (Å²) in [6, 6.07) is 1.05. The molecule has 2 unspecified atom stereocenters. The van der Waals surface area contributed by atoms with Gasteiger partial charge in [-0.05, 0) is 45.1 Å². The van der Waals surface area contributed by atoms with Gasteiger partial charge in [-0.1, -0.05) is 32.1 Å². The molecule has 1 saturated carbocycles. The van der Waals surface area contributed by atoms with Gasteiger partial charge in [0.15, 0.2) is 0 Å². The van der Waals surface area contributed by atoms with Gasteiger partial charge in [0.1, 0.15) is 0 Å². The van der Waals surface area contributed by atoms with Crippen molar-refractivity contribution in [2.24, 2.45) is 0 Å². The first-order valence-electron chi connectivity index (χ1n) is 8.84. The maximum Gasteiger partial charge on any atom is 0.0697 e. The Hall–Kier alpha value is -0.120. The molecule has 3 heteroatoms. The van der Waals surface area contributed by atoms with E-state index in [9.17, 15) is 5.11 Å². The number of rotatable bonds is 2. The summed E-state index contributed by atoms with van der Waals surface area (Å²) in [5, 5.41) is 9.75. The largest absolute Gasteiger partial charge is 0.395 e. The van der Waals surface area contributed by atoms with Crippen molar-refractivity contribution in [3.63, 3.8) is 0 Å². The summed E-state index contributed by atoms with van der Waals surface area (Å²) in [7, 11) is 0. The second kappa shape index (κ2) is 6.76. The fraction of sp³-hybridized carbons (Fsp3) is 1.00. The third-order valence-electron chi connectivity index (χ3n) is 5.83. The smallest absolute Gasteiger partial charge is 0.0697 e. The topological polar surface area (TPSA) is 32.7 Å². The van der Waals surface area contributed by atoms with Crippen molar-refractivity contribution in [1.29, 1.82) is 0 Å². The summed E-state index contributed by atoms with van der Waals surface area (Å²) >= 11 is 0. The molecule has 2 heterocycles. The van der Waals surface area contributed by atoms with Crippen LogP contribution < -0.4 is 0 Å². The molecule has 1 spiro atoms. The van der Waals surface area contributed by atoms with E-state index in [-0.39, 0.29) is 5.60 Å². The highest BCUT2D eigenvalue weighted by Gasteiger charge is 2.41. The van der Waals surface area contributed by atoms with Gasteiger partial charge in [0.2, 0.25) is 0 Å². The maximum atomic E-state index is 9.75. The molecule has 2 aliphatic heterocycles. The number of hydrogen-bond donors (Lipinski definition) is 1. The Bertz CT molecular complexity index is 296. The van der Waals surface area contributed by atoms with E-state index in [2.05, 4.69) is 4.90 Å². The summed E-state index contributed by atoms with van der Waals surface area (Å²) in [5.41, 5.74) is 0.188. The van der Waals surface area contributed by atoms with Gasteiger partial charge >= 0.3 is 0 Å². The summed E-state index contributed by atoms with van der Waals surface area (Å²) in [5.74, 6) is 0. The van der Waals surface area contributed by atoms with Crippen molar-refractivity contribution < 1.29 is 9.84 Å². The molecule has 0 amide bonds. The van der Waals surface area contributed by atoms with Crippen molar-refractivity contribution in [2.75, 3.05) is 19.8 Å². The number of hydrogen-bond acceptors (Lipinski definition) is 3. The molecular formula is C17H31NO2. The highest BCUT2D eigenvalue weighted by molar-refractivity contribution is 4.94. The predicted octanol–water partition coefficient (Wildman–Crippen LogP) is 3.11. The van der Waals surface area contributed by atoms with E-state index >= 15 is 0 Å². The van der Waals surface area contributed by atoms with Gasteiger partial charge in [-0.2, -0.15) is 0 Å². The molecule has 0 aromatic heterocycles. The fourth-order valence-corrected chi connectivity index (χ4v) is 4.71. The van der Waals surface area contributed by atoms with Crippen LogP contribution in [0.2, 0.25) is 0 Å². The van der Waals surface area contributed by atoms with Crippen molar-refractivity contribution in [3.8, 4) is 0 Å². The molecule has 1 N–H and O–H groups in total. The van der Waals surface area contributed by atoms with Crippen LogP contribution in [0.5, 0.6) is 0 Å². The monoisotopic (exact) mass is 281 g/mol. The quantitative estimate of drug-likeness (QED) is 0.844. The lowest BCUT2D eigenvalue weighted by Gasteiger charge is -2.48. The standard InChI is InChI=1S/C17H31NO2/c19-14-16-7-3-1-6-11-18(16)15-8-12-20-17(13-15)9-4-2-5-10-17/h15-16,19H,1-14H2. The molecule has 20 heavy (non-hydrogen) atoms. The van der Waals surface area contributed by atoms with Gasteiger partial charge in [-0.25, -0.2) is 0 Å². The Morgan fingerprint density at radius 1 is 1.00 bits per heavy atom. The molecule has 0 aromatic rings. The Morgan fingerprint density at radius 3 is 2.60 bits per heavy atom. The second-order valence-corrected chi connectivity index (χ2v) is 7.16.